The molecular weight excluding hydrogens is 204 g/mol. The van der Waals surface area contributed by atoms with Gasteiger partial charge in [0.05, 0.1) is 19.1 Å². The van der Waals surface area contributed by atoms with Crippen LogP contribution in [0.2, 0.25) is 0 Å². The van der Waals surface area contributed by atoms with E-state index in [2.05, 4.69) is 16.9 Å². The molecule has 0 saturated carbocycles. The van der Waals surface area contributed by atoms with Crippen LogP contribution in [0.4, 0.5) is 0 Å². The maximum Gasteiger partial charge on any atom is 0.356 e. The summed E-state index contributed by atoms with van der Waals surface area (Å²) in [4.78, 5) is 17.8. The van der Waals surface area contributed by atoms with Gasteiger partial charge in [0.1, 0.15) is 5.69 Å². The Balaban J connectivity index is 1.97. The lowest BCUT2D eigenvalue weighted by molar-refractivity contribution is 0.0491. The minimum absolute atomic E-state index is 0.314. The molecule has 4 heteroatoms. The molecule has 16 heavy (non-hydrogen) atoms. The van der Waals surface area contributed by atoms with E-state index in [4.69, 9.17) is 4.74 Å². The molecule has 0 fully saturated rings. The number of H-pyrrole nitrogens is 1. The average molecular weight is 224 g/mol. The van der Waals surface area contributed by atoms with Gasteiger partial charge in [-0.25, -0.2) is 9.78 Å². The van der Waals surface area contributed by atoms with Crippen LogP contribution in [0.3, 0.4) is 0 Å². The maximum atomic E-state index is 11.3. The molecule has 1 heterocycles. The summed E-state index contributed by atoms with van der Waals surface area (Å²) in [6.45, 7) is 2.70. The van der Waals surface area contributed by atoms with Crippen molar-refractivity contribution in [1.82, 2.24) is 9.97 Å². The Labute approximate surface area is 96.4 Å². The molecule has 0 bridgehead atoms. The van der Waals surface area contributed by atoms with Crippen molar-refractivity contribution in [3.8, 4) is 0 Å². The number of imidazole rings is 1. The van der Waals surface area contributed by atoms with Gasteiger partial charge in [0.15, 0.2) is 0 Å². The van der Waals surface area contributed by atoms with Gasteiger partial charge < -0.3 is 9.72 Å². The van der Waals surface area contributed by atoms with Gasteiger partial charge in [-0.1, -0.05) is 39.0 Å². The first-order valence-corrected chi connectivity index (χ1v) is 6.00. The number of hydrogen-bond acceptors (Lipinski definition) is 3. The number of hydrogen-bond donors (Lipinski definition) is 1. The molecule has 0 unspecified atom stereocenters. The largest absolute Gasteiger partial charge is 0.461 e. The molecule has 90 valence electrons. The second-order valence-electron chi connectivity index (χ2n) is 3.87. The highest BCUT2D eigenvalue weighted by molar-refractivity contribution is 5.86. The highest BCUT2D eigenvalue weighted by Gasteiger charge is 2.06. The fourth-order valence-corrected chi connectivity index (χ4v) is 1.49. The van der Waals surface area contributed by atoms with Crippen molar-refractivity contribution in [2.24, 2.45) is 0 Å². The van der Waals surface area contributed by atoms with Crippen LogP contribution in [0.1, 0.15) is 55.9 Å². The van der Waals surface area contributed by atoms with Crippen LogP contribution in [0.25, 0.3) is 0 Å². The fraction of sp³-hybridized carbons (Fsp3) is 0.667. The second-order valence-corrected chi connectivity index (χ2v) is 3.87. The molecule has 0 aliphatic carbocycles. The number of aromatic nitrogens is 2. The van der Waals surface area contributed by atoms with Gasteiger partial charge in [-0.15, -0.1) is 0 Å². The third-order valence-corrected chi connectivity index (χ3v) is 2.45. The Morgan fingerprint density at radius 1 is 1.31 bits per heavy atom. The fourth-order valence-electron chi connectivity index (χ4n) is 1.49. The summed E-state index contributed by atoms with van der Waals surface area (Å²) in [5.74, 6) is -0.314. The van der Waals surface area contributed by atoms with E-state index in [1.54, 1.807) is 0 Å². The second kappa shape index (κ2) is 7.91. The minimum Gasteiger partial charge on any atom is -0.461 e. The van der Waals surface area contributed by atoms with Gasteiger partial charge in [0.2, 0.25) is 0 Å². The molecule has 0 spiro atoms. The Hall–Kier alpha value is -1.32. The van der Waals surface area contributed by atoms with Crippen molar-refractivity contribution in [3.05, 3.63) is 18.2 Å². The summed E-state index contributed by atoms with van der Waals surface area (Å²) < 4.78 is 5.08. The Morgan fingerprint density at radius 3 is 2.75 bits per heavy atom. The molecule has 1 N–H and O–H groups in total. The average Bonchev–Trinajstić information content (AvgIpc) is 2.81. The Kier molecular flexibility index (Phi) is 6.30. The first kappa shape index (κ1) is 12.7. The summed E-state index contributed by atoms with van der Waals surface area (Å²) in [5, 5.41) is 0. The maximum absolute atomic E-state index is 11.3. The number of carbonyl (C=O) groups is 1. The van der Waals surface area contributed by atoms with E-state index in [0.29, 0.717) is 12.3 Å². The minimum atomic E-state index is -0.314. The lowest BCUT2D eigenvalue weighted by atomic mass is 10.1. The van der Waals surface area contributed by atoms with Gasteiger partial charge in [-0.3, -0.25) is 0 Å². The zero-order chi connectivity index (χ0) is 11.6. The summed E-state index contributed by atoms with van der Waals surface area (Å²) >= 11 is 0. The van der Waals surface area contributed by atoms with Crippen molar-refractivity contribution < 1.29 is 9.53 Å². The van der Waals surface area contributed by atoms with Crippen LogP contribution in [0.5, 0.6) is 0 Å². The SMILES string of the molecule is CCCCCCCCOC(=O)c1cnc[nH]1. The highest BCUT2D eigenvalue weighted by Crippen LogP contribution is 2.05. The van der Waals surface area contributed by atoms with E-state index in [9.17, 15) is 4.79 Å². The summed E-state index contributed by atoms with van der Waals surface area (Å²) in [6, 6.07) is 0. The lowest BCUT2D eigenvalue weighted by Crippen LogP contribution is -2.06. The van der Waals surface area contributed by atoms with E-state index >= 15 is 0 Å². The first-order chi connectivity index (χ1) is 7.84. The molecule has 4 nitrogen and oxygen atoms in total. The van der Waals surface area contributed by atoms with Crippen LogP contribution in [-0.4, -0.2) is 22.5 Å². The monoisotopic (exact) mass is 224 g/mol. The number of unbranched alkanes of at least 4 members (excludes halogenated alkanes) is 5. The Morgan fingerprint density at radius 2 is 2.06 bits per heavy atom. The highest BCUT2D eigenvalue weighted by atomic mass is 16.5. The van der Waals surface area contributed by atoms with Crippen molar-refractivity contribution in [1.29, 1.82) is 0 Å². The first-order valence-electron chi connectivity index (χ1n) is 6.00. The molecule has 0 atom stereocenters. The molecule has 1 aromatic heterocycles. The molecule has 0 aliphatic rings. The van der Waals surface area contributed by atoms with Crippen molar-refractivity contribution in [3.63, 3.8) is 0 Å². The molecule has 0 amide bonds. The molecular formula is C12H20N2O2. The van der Waals surface area contributed by atoms with E-state index in [1.807, 2.05) is 0 Å². The normalized spacial score (nSPS) is 10.3. The zero-order valence-corrected chi connectivity index (χ0v) is 9.87. The molecule has 0 aliphatic heterocycles. The smallest absolute Gasteiger partial charge is 0.356 e. The van der Waals surface area contributed by atoms with E-state index in [1.165, 1.54) is 38.2 Å². The lowest BCUT2D eigenvalue weighted by Gasteiger charge is -2.03. The summed E-state index contributed by atoms with van der Waals surface area (Å²) in [5.41, 5.74) is 0.422. The van der Waals surface area contributed by atoms with Gasteiger partial charge in [0, 0.05) is 0 Å². The number of aromatic amines is 1. The van der Waals surface area contributed by atoms with E-state index in [-0.39, 0.29) is 5.97 Å². The number of ether oxygens (including phenoxy) is 1. The Bertz CT molecular complexity index is 283. The standard InChI is InChI=1S/C12H20N2O2/c1-2-3-4-5-6-7-8-16-12(15)11-9-13-10-14-11/h9-10H,2-8H2,1H3,(H,13,14). The van der Waals surface area contributed by atoms with Crippen molar-refractivity contribution in [2.45, 2.75) is 45.4 Å². The predicted octanol–water partition coefficient (Wildman–Crippen LogP) is 2.93. The van der Waals surface area contributed by atoms with E-state index in [0.717, 1.165) is 12.8 Å². The summed E-state index contributed by atoms with van der Waals surface area (Å²) in [7, 11) is 0. The van der Waals surface area contributed by atoms with Gasteiger partial charge in [-0.05, 0) is 6.42 Å². The quantitative estimate of drug-likeness (QED) is 0.545. The van der Waals surface area contributed by atoms with E-state index < -0.39 is 0 Å². The number of rotatable bonds is 8. The van der Waals surface area contributed by atoms with Crippen molar-refractivity contribution in [2.75, 3.05) is 6.61 Å². The number of carbonyl (C=O) groups excluding carboxylic acids is 1. The van der Waals surface area contributed by atoms with Crippen LogP contribution in [-0.2, 0) is 4.74 Å². The zero-order valence-electron chi connectivity index (χ0n) is 9.87. The van der Waals surface area contributed by atoms with Crippen LogP contribution in [0.15, 0.2) is 12.5 Å². The molecule has 1 rings (SSSR count). The van der Waals surface area contributed by atoms with Crippen LogP contribution >= 0.6 is 0 Å². The molecule has 0 saturated heterocycles. The topological polar surface area (TPSA) is 55.0 Å². The molecule has 1 aromatic rings. The van der Waals surface area contributed by atoms with Gasteiger partial charge in [0.25, 0.3) is 0 Å². The predicted molar refractivity (Wildman–Crippen MR) is 62.2 cm³/mol. The number of esters is 1. The van der Waals surface area contributed by atoms with Gasteiger partial charge >= 0.3 is 5.97 Å². The van der Waals surface area contributed by atoms with Crippen molar-refractivity contribution >= 4 is 5.97 Å². The molecule has 0 radical (unpaired) electrons. The van der Waals surface area contributed by atoms with Crippen LogP contribution < -0.4 is 0 Å². The number of nitrogens with one attached hydrogen (secondary N) is 1. The third-order valence-electron chi connectivity index (χ3n) is 2.45. The summed E-state index contributed by atoms with van der Waals surface area (Å²) in [6.07, 6.45) is 10.1. The van der Waals surface area contributed by atoms with Gasteiger partial charge in [-0.2, -0.15) is 0 Å². The number of nitrogens with zero attached hydrogens (tertiary/aromatic N) is 1. The third kappa shape index (κ3) is 4.96. The van der Waals surface area contributed by atoms with Crippen LogP contribution in [0, 0.1) is 0 Å². The molecule has 0 aromatic carbocycles.